The molecule has 2 aromatic heterocycles. The van der Waals surface area contributed by atoms with E-state index in [1.54, 1.807) is 11.3 Å². The highest BCUT2D eigenvalue weighted by Gasteiger charge is 2.16. The molecule has 146 valence electrons. The third-order valence-electron chi connectivity index (χ3n) is 4.42. The Morgan fingerprint density at radius 3 is 2.93 bits per heavy atom. The number of amides is 1. The minimum absolute atomic E-state index is 0.0736. The SMILES string of the molecule is CC(NC(=O)CCc1nc(-c2cccs2)no1)c1ccc2c(c1)OCCCO2. The zero-order valence-electron chi connectivity index (χ0n) is 15.5. The van der Waals surface area contributed by atoms with Gasteiger partial charge in [-0.2, -0.15) is 4.98 Å². The van der Waals surface area contributed by atoms with Crippen LogP contribution >= 0.6 is 11.3 Å². The number of hydrogen-bond donors (Lipinski definition) is 1. The lowest BCUT2D eigenvalue weighted by Crippen LogP contribution is -2.26. The van der Waals surface area contributed by atoms with Crippen molar-refractivity contribution in [2.75, 3.05) is 13.2 Å². The number of aryl methyl sites for hydroxylation is 1. The number of aromatic nitrogens is 2. The first-order valence-corrected chi connectivity index (χ1v) is 10.1. The van der Waals surface area contributed by atoms with Crippen LogP contribution in [0.3, 0.4) is 0 Å². The van der Waals surface area contributed by atoms with Crippen LogP contribution in [-0.2, 0) is 11.2 Å². The van der Waals surface area contributed by atoms with Gasteiger partial charge in [-0.3, -0.25) is 4.79 Å². The van der Waals surface area contributed by atoms with Crippen molar-refractivity contribution in [1.82, 2.24) is 15.5 Å². The van der Waals surface area contributed by atoms with E-state index < -0.39 is 0 Å². The van der Waals surface area contributed by atoms with E-state index in [2.05, 4.69) is 15.5 Å². The molecule has 1 atom stereocenters. The van der Waals surface area contributed by atoms with E-state index in [0.29, 0.717) is 31.3 Å². The second kappa shape index (κ2) is 8.43. The molecular weight excluding hydrogens is 378 g/mol. The van der Waals surface area contributed by atoms with Gasteiger partial charge in [0.15, 0.2) is 11.5 Å². The standard InChI is InChI=1S/C20H21N3O4S/c1-13(14-5-6-15-16(12-14)26-10-3-9-25-15)21-18(24)7-8-19-22-20(23-27-19)17-4-2-11-28-17/h2,4-6,11-13H,3,7-10H2,1H3,(H,21,24). The topological polar surface area (TPSA) is 86.5 Å². The van der Waals surface area contributed by atoms with Gasteiger partial charge in [0.2, 0.25) is 17.6 Å². The van der Waals surface area contributed by atoms with Gasteiger partial charge in [0.05, 0.1) is 24.1 Å². The average Bonchev–Trinajstić information content (AvgIpc) is 3.33. The van der Waals surface area contributed by atoms with Gasteiger partial charge in [-0.25, -0.2) is 0 Å². The first kappa shape index (κ1) is 18.5. The summed E-state index contributed by atoms with van der Waals surface area (Å²) in [6.45, 7) is 3.23. The maximum Gasteiger partial charge on any atom is 0.227 e. The van der Waals surface area contributed by atoms with Crippen molar-refractivity contribution >= 4 is 17.2 Å². The Hall–Kier alpha value is -2.87. The summed E-state index contributed by atoms with van der Waals surface area (Å²) >= 11 is 1.55. The predicted octanol–water partition coefficient (Wildman–Crippen LogP) is 3.77. The van der Waals surface area contributed by atoms with Gasteiger partial charge in [0.1, 0.15) is 0 Å². The molecule has 0 saturated carbocycles. The fraction of sp³-hybridized carbons (Fsp3) is 0.350. The maximum absolute atomic E-state index is 12.3. The molecule has 0 spiro atoms. The molecule has 0 saturated heterocycles. The molecule has 3 aromatic rings. The first-order valence-electron chi connectivity index (χ1n) is 9.24. The molecule has 1 N–H and O–H groups in total. The van der Waals surface area contributed by atoms with Crippen molar-refractivity contribution in [1.29, 1.82) is 0 Å². The molecule has 0 aliphatic carbocycles. The van der Waals surface area contributed by atoms with Crippen molar-refractivity contribution in [3.05, 3.63) is 47.2 Å². The van der Waals surface area contributed by atoms with Gasteiger partial charge in [-0.15, -0.1) is 11.3 Å². The second-order valence-electron chi connectivity index (χ2n) is 6.53. The third kappa shape index (κ3) is 4.33. The molecule has 0 radical (unpaired) electrons. The normalized spacial score (nSPS) is 14.3. The Kier molecular flexibility index (Phi) is 5.57. The van der Waals surface area contributed by atoms with Crippen molar-refractivity contribution in [3.8, 4) is 22.2 Å². The molecule has 1 unspecified atom stereocenters. The number of thiophene rings is 1. The summed E-state index contributed by atoms with van der Waals surface area (Å²) in [6, 6.07) is 9.49. The third-order valence-corrected chi connectivity index (χ3v) is 5.29. The molecular formula is C20H21N3O4S. The van der Waals surface area contributed by atoms with E-state index in [-0.39, 0.29) is 18.4 Å². The Labute approximate surface area is 166 Å². The van der Waals surface area contributed by atoms with E-state index in [4.69, 9.17) is 14.0 Å². The van der Waals surface area contributed by atoms with Crippen molar-refractivity contribution in [3.63, 3.8) is 0 Å². The fourth-order valence-electron chi connectivity index (χ4n) is 2.93. The summed E-state index contributed by atoms with van der Waals surface area (Å²) in [5, 5.41) is 8.92. The zero-order chi connectivity index (χ0) is 19.3. The molecule has 1 aliphatic heterocycles. The average molecular weight is 399 g/mol. The zero-order valence-corrected chi connectivity index (χ0v) is 16.3. The Balaban J connectivity index is 1.32. The monoisotopic (exact) mass is 399 g/mol. The largest absolute Gasteiger partial charge is 0.490 e. The van der Waals surface area contributed by atoms with Crippen LogP contribution in [0.4, 0.5) is 0 Å². The van der Waals surface area contributed by atoms with Crippen LogP contribution in [0.5, 0.6) is 11.5 Å². The number of rotatable bonds is 6. The van der Waals surface area contributed by atoms with E-state index in [1.807, 2.05) is 42.6 Å². The van der Waals surface area contributed by atoms with Gasteiger partial charge < -0.3 is 19.3 Å². The van der Waals surface area contributed by atoms with Crippen molar-refractivity contribution < 1.29 is 18.8 Å². The van der Waals surface area contributed by atoms with E-state index in [9.17, 15) is 4.79 Å². The highest BCUT2D eigenvalue weighted by atomic mass is 32.1. The van der Waals surface area contributed by atoms with Gasteiger partial charge in [0.25, 0.3) is 0 Å². The number of hydrogen-bond acceptors (Lipinski definition) is 7. The highest BCUT2D eigenvalue weighted by molar-refractivity contribution is 7.13. The fourth-order valence-corrected chi connectivity index (χ4v) is 3.58. The Bertz CT molecular complexity index is 939. The smallest absolute Gasteiger partial charge is 0.227 e. The van der Waals surface area contributed by atoms with Crippen LogP contribution < -0.4 is 14.8 Å². The van der Waals surface area contributed by atoms with E-state index in [0.717, 1.165) is 28.4 Å². The van der Waals surface area contributed by atoms with Crippen molar-refractivity contribution in [2.45, 2.75) is 32.2 Å². The molecule has 8 heteroatoms. The molecule has 1 aromatic carbocycles. The quantitative estimate of drug-likeness (QED) is 0.679. The molecule has 3 heterocycles. The van der Waals surface area contributed by atoms with Crippen molar-refractivity contribution in [2.24, 2.45) is 0 Å². The highest BCUT2D eigenvalue weighted by Crippen LogP contribution is 2.32. The lowest BCUT2D eigenvalue weighted by atomic mass is 10.1. The molecule has 1 amide bonds. The molecule has 28 heavy (non-hydrogen) atoms. The number of nitrogens with one attached hydrogen (secondary N) is 1. The van der Waals surface area contributed by atoms with Gasteiger partial charge >= 0.3 is 0 Å². The number of benzene rings is 1. The van der Waals surface area contributed by atoms with Crippen LogP contribution in [-0.4, -0.2) is 29.3 Å². The molecule has 1 aliphatic rings. The van der Waals surface area contributed by atoms with Gasteiger partial charge in [0, 0.05) is 19.3 Å². The number of nitrogens with zero attached hydrogens (tertiary/aromatic N) is 2. The number of carbonyl (C=O) groups is 1. The number of fused-ring (bicyclic) bond motifs is 1. The van der Waals surface area contributed by atoms with Crippen LogP contribution in [0.25, 0.3) is 10.7 Å². The predicted molar refractivity (Wildman–Crippen MR) is 105 cm³/mol. The van der Waals surface area contributed by atoms with Crippen LogP contribution in [0.1, 0.15) is 37.3 Å². The minimum Gasteiger partial charge on any atom is -0.490 e. The molecule has 4 rings (SSSR count). The summed E-state index contributed by atoms with van der Waals surface area (Å²) < 4.78 is 16.6. The van der Waals surface area contributed by atoms with Gasteiger partial charge in [-0.1, -0.05) is 17.3 Å². The lowest BCUT2D eigenvalue weighted by Gasteiger charge is -2.16. The minimum atomic E-state index is -0.144. The summed E-state index contributed by atoms with van der Waals surface area (Å²) in [6.07, 6.45) is 1.54. The summed E-state index contributed by atoms with van der Waals surface area (Å²) in [5.41, 5.74) is 0.968. The molecule has 7 nitrogen and oxygen atoms in total. The maximum atomic E-state index is 12.3. The first-order chi connectivity index (χ1) is 13.7. The second-order valence-corrected chi connectivity index (χ2v) is 7.48. The van der Waals surface area contributed by atoms with E-state index in [1.165, 1.54) is 0 Å². The number of carbonyl (C=O) groups excluding carboxylic acids is 1. The lowest BCUT2D eigenvalue weighted by molar-refractivity contribution is -0.121. The Morgan fingerprint density at radius 1 is 1.25 bits per heavy atom. The number of ether oxygens (including phenoxy) is 2. The molecule has 0 fully saturated rings. The summed E-state index contributed by atoms with van der Waals surface area (Å²) in [5.74, 6) is 2.42. The summed E-state index contributed by atoms with van der Waals surface area (Å²) in [4.78, 5) is 17.6. The Morgan fingerprint density at radius 2 is 2.11 bits per heavy atom. The van der Waals surface area contributed by atoms with Crippen LogP contribution in [0.15, 0.2) is 40.2 Å². The van der Waals surface area contributed by atoms with Crippen LogP contribution in [0, 0.1) is 0 Å². The van der Waals surface area contributed by atoms with Crippen LogP contribution in [0.2, 0.25) is 0 Å². The van der Waals surface area contributed by atoms with E-state index >= 15 is 0 Å². The summed E-state index contributed by atoms with van der Waals surface area (Å²) in [7, 11) is 0. The van der Waals surface area contributed by atoms with Gasteiger partial charge in [-0.05, 0) is 36.1 Å². The molecule has 0 bridgehead atoms.